The molecule has 104 valence electrons. The Bertz CT molecular complexity index is 439. The molecular formula is C16H22O3. The molecule has 1 N–H and O–H groups in total. The number of aliphatic carboxylic acids is 1. The van der Waals surface area contributed by atoms with Crippen molar-refractivity contribution in [3.8, 4) is 0 Å². The second-order valence-electron chi connectivity index (χ2n) is 5.71. The van der Waals surface area contributed by atoms with Crippen molar-refractivity contribution < 1.29 is 14.6 Å². The van der Waals surface area contributed by atoms with Crippen LogP contribution in [0.1, 0.15) is 43.9 Å². The predicted octanol–water partition coefficient (Wildman–Crippen LogP) is 3.44. The number of hydrogen-bond acceptors (Lipinski definition) is 2. The number of ether oxygens (including phenoxy) is 1. The summed E-state index contributed by atoms with van der Waals surface area (Å²) in [5.74, 6) is -0.642. The molecule has 0 spiro atoms. The van der Waals surface area contributed by atoms with E-state index in [1.807, 2.05) is 12.1 Å². The molecule has 0 fully saturated rings. The Morgan fingerprint density at radius 3 is 2.84 bits per heavy atom. The number of benzene rings is 1. The highest BCUT2D eigenvalue weighted by molar-refractivity contribution is 5.70. The van der Waals surface area contributed by atoms with Crippen molar-refractivity contribution in [3.63, 3.8) is 0 Å². The summed E-state index contributed by atoms with van der Waals surface area (Å²) >= 11 is 0. The molecule has 0 bridgehead atoms. The Morgan fingerprint density at radius 1 is 1.42 bits per heavy atom. The van der Waals surface area contributed by atoms with Crippen LogP contribution in [0.2, 0.25) is 0 Å². The average molecular weight is 262 g/mol. The van der Waals surface area contributed by atoms with E-state index in [1.54, 1.807) is 0 Å². The fraction of sp³-hybridized carbons (Fsp3) is 0.562. The summed E-state index contributed by atoms with van der Waals surface area (Å²) in [5.41, 5.74) is 2.47. The Hall–Kier alpha value is -1.35. The predicted molar refractivity (Wildman–Crippen MR) is 74.0 cm³/mol. The minimum Gasteiger partial charge on any atom is -0.481 e. The molecular weight excluding hydrogens is 240 g/mol. The molecule has 0 saturated heterocycles. The zero-order chi connectivity index (χ0) is 13.8. The first kappa shape index (κ1) is 14.1. The van der Waals surface area contributed by atoms with E-state index in [9.17, 15) is 9.90 Å². The highest BCUT2D eigenvalue weighted by Crippen LogP contribution is 2.33. The zero-order valence-corrected chi connectivity index (χ0v) is 11.6. The third-order valence-electron chi connectivity index (χ3n) is 3.70. The SMILES string of the molecule is CC(C)CC(CC1OCCc2ccccc21)C(=O)O. The molecule has 0 aliphatic carbocycles. The number of hydrogen-bond donors (Lipinski definition) is 1. The quantitative estimate of drug-likeness (QED) is 0.884. The van der Waals surface area contributed by atoms with Crippen LogP contribution >= 0.6 is 0 Å². The van der Waals surface area contributed by atoms with Crippen LogP contribution in [0.5, 0.6) is 0 Å². The van der Waals surface area contributed by atoms with Gasteiger partial charge in [-0.2, -0.15) is 0 Å². The van der Waals surface area contributed by atoms with Crippen molar-refractivity contribution in [1.82, 2.24) is 0 Å². The number of carboxylic acids is 1. The normalized spacial score (nSPS) is 20.1. The minimum absolute atomic E-state index is 0.0650. The number of carbonyl (C=O) groups is 1. The Balaban J connectivity index is 2.12. The molecule has 2 unspecified atom stereocenters. The van der Waals surface area contributed by atoms with Gasteiger partial charge < -0.3 is 9.84 Å². The van der Waals surface area contributed by atoms with E-state index in [4.69, 9.17) is 4.74 Å². The smallest absolute Gasteiger partial charge is 0.306 e. The molecule has 1 aliphatic heterocycles. The van der Waals surface area contributed by atoms with Gasteiger partial charge >= 0.3 is 5.97 Å². The molecule has 0 radical (unpaired) electrons. The van der Waals surface area contributed by atoms with Crippen molar-refractivity contribution >= 4 is 5.97 Å². The molecule has 2 rings (SSSR count). The number of rotatable bonds is 5. The van der Waals surface area contributed by atoms with E-state index < -0.39 is 5.97 Å². The van der Waals surface area contributed by atoms with Gasteiger partial charge in [0, 0.05) is 0 Å². The lowest BCUT2D eigenvalue weighted by Crippen LogP contribution is -2.23. The molecule has 3 heteroatoms. The van der Waals surface area contributed by atoms with Gasteiger partial charge in [-0.05, 0) is 36.3 Å². The summed E-state index contributed by atoms with van der Waals surface area (Å²) in [6.07, 6.45) is 2.14. The molecule has 1 heterocycles. The maximum atomic E-state index is 11.4. The van der Waals surface area contributed by atoms with Crippen LogP contribution in [0.3, 0.4) is 0 Å². The molecule has 19 heavy (non-hydrogen) atoms. The van der Waals surface area contributed by atoms with Crippen molar-refractivity contribution in [1.29, 1.82) is 0 Å². The van der Waals surface area contributed by atoms with Gasteiger partial charge in [0.25, 0.3) is 0 Å². The van der Waals surface area contributed by atoms with E-state index in [2.05, 4.69) is 26.0 Å². The van der Waals surface area contributed by atoms with Crippen LogP contribution < -0.4 is 0 Å². The van der Waals surface area contributed by atoms with Crippen LogP contribution in [0.4, 0.5) is 0 Å². The van der Waals surface area contributed by atoms with E-state index in [0.29, 0.717) is 25.4 Å². The Labute approximate surface area is 114 Å². The first-order valence-electron chi connectivity index (χ1n) is 7.00. The first-order valence-corrected chi connectivity index (χ1v) is 7.00. The second kappa shape index (κ2) is 6.20. The summed E-state index contributed by atoms with van der Waals surface area (Å²) in [7, 11) is 0. The number of fused-ring (bicyclic) bond motifs is 1. The minimum atomic E-state index is -0.708. The fourth-order valence-electron chi connectivity index (χ4n) is 2.80. The van der Waals surface area contributed by atoms with Crippen molar-refractivity contribution in [3.05, 3.63) is 35.4 Å². The second-order valence-corrected chi connectivity index (χ2v) is 5.71. The topological polar surface area (TPSA) is 46.5 Å². The lowest BCUT2D eigenvalue weighted by atomic mass is 9.87. The van der Waals surface area contributed by atoms with Gasteiger partial charge in [0.1, 0.15) is 0 Å². The van der Waals surface area contributed by atoms with Gasteiger partial charge in [0.2, 0.25) is 0 Å². The van der Waals surface area contributed by atoms with Crippen LogP contribution in [0, 0.1) is 11.8 Å². The van der Waals surface area contributed by atoms with Gasteiger partial charge in [-0.1, -0.05) is 38.1 Å². The molecule has 2 atom stereocenters. The molecule has 1 aromatic rings. The monoisotopic (exact) mass is 262 g/mol. The number of carboxylic acid groups (broad SMARTS) is 1. The summed E-state index contributed by atoms with van der Waals surface area (Å²) in [4.78, 5) is 11.4. The molecule has 0 saturated carbocycles. The van der Waals surface area contributed by atoms with Gasteiger partial charge in [0.15, 0.2) is 0 Å². The lowest BCUT2D eigenvalue weighted by Gasteiger charge is -2.28. The highest BCUT2D eigenvalue weighted by atomic mass is 16.5. The molecule has 0 amide bonds. The van der Waals surface area contributed by atoms with Gasteiger partial charge in [-0.25, -0.2) is 0 Å². The lowest BCUT2D eigenvalue weighted by molar-refractivity contribution is -0.144. The van der Waals surface area contributed by atoms with E-state index in [0.717, 1.165) is 6.42 Å². The average Bonchev–Trinajstić information content (AvgIpc) is 2.37. The van der Waals surface area contributed by atoms with E-state index in [-0.39, 0.29) is 12.0 Å². The fourth-order valence-corrected chi connectivity index (χ4v) is 2.80. The maximum absolute atomic E-state index is 11.4. The molecule has 0 aromatic heterocycles. The summed E-state index contributed by atoms with van der Waals surface area (Å²) in [6, 6.07) is 8.21. The third kappa shape index (κ3) is 3.57. The first-order chi connectivity index (χ1) is 9.08. The molecule has 1 aliphatic rings. The van der Waals surface area contributed by atoms with Gasteiger partial charge in [0.05, 0.1) is 18.6 Å². The maximum Gasteiger partial charge on any atom is 0.306 e. The van der Waals surface area contributed by atoms with Crippen LogP contribution in [-0.4, -0.2) is 17.7 Å². The Morgan fingerprint density at radius 2 is 2.16 bits per heavy atom. The zero-order valence-electron chi connectivity index (χ0n) is 11.6. The molecule has 1 aromatic carbocycles. The van der Waals surface area contributed by atoms with Gasteiger partial charge in [-0.3, -0.25) is 4.79 Å². The van der Waals surface area contributed by atoms with Crippen molar-refractivity contribution in [2.24, 2.45) is 11.8 Å². The Kier molecular flexibility index (Phi) is 4.59. The van der Waals surface area contributed by atoms with Crippen molar-refractivity contribution in [2.45, 2.75) is 39.2 Å². The summed E-state index contributed by atoms with van der Waals surface area (Å²) < 4.78 is 5.80. The van der Waals surface area contributed by atoms with Crippen LogP contribution in [0.15, 0.2) is 24.3 Å². The largest absolute Gasteiger partial charge is 0.481 e. The highest BCUT2D eigenvalue weighted by Gasteiger charge is 2.28. The van der Waals surface area contributed by atoms with Crippen LogP contribution in [0.25, 0.3) is 0 Å². The summed E-state index contributed by atoms with van der Waals surface area (Å²) in [6.45, 7) is 4.81. The van der Waals surface area contributed by atoms with Crippen molar-refractivity contribution in [2.75, 3.05) is 6.61 Å². The molecule has 3 nitrogen and oxygen atoms in total. The third-order valence-corrected chi connectivity index (χ3v) is 3.70. The van der Waals surface area contributed by atoms with E-state index >= 15 is 0 Å². The van der Waals surface area contributed by atoms with Crippen LogP contribution in [-0.2, 0) is 16.0 Å². The van der Waals surface area contributed by atoms with Gasteiger partial charge in [-0.15, -0.1) is 0 Å². The van der Waals surface area contributed by atoms with E-state index in [1.165, 1.54) is 11.1 Å². The summed E-state index contributed by atoms with van der Waals surface area (Å²) in [5, 5.41) is 9.35. The standard InChI is InChI=1S/C16H22O3/c1-11(2)9-13(16(17)18)10-15-14-6-4-3-5-12(14)7-8-19-15/h3-6,11,13,15H,7-10H2,1-2H3,(H,17,18).